The Balaban J connectivity index is 1.78. The summed E-state index contributed by atoms with van der Waals surface area (Å²) in [5.41, 5.74) is 16.0. The van der Waals surface area contributed by atoms with E-state index in [4.69, 9.17) is 10.5 Å². The van der Waals surface area contributed by atoms with Crippen molar-refractivity contribution in [2.75, 3.05) is 23.8 Å². The molecule has 43 heavy (non-hydrogen) atoms. The van der Waals surface area contributed by atoms with Crippen LogP contribution < -0.4 is 15.4 Å². The van der Waals surface area contributed by atoms with Crippen molar-refractivity contribution < 1.29 is 9.84 Å². The van der Waals surface area contributed by atoms with Crippen molar-refractivity contribution in [3.05, 3.63) is 152 Å². The summed E-state index contributed by atoms with van der Waals surface area (Å²) >= 11 is 0. The first-order valence-electron chi connectivity index (χ1n) is 14.6. The summed E-state index contributed by atoms with van der Waals surface area (Å²) in [5, 5.41) is 9.75. The number of nitrogens with zero attached hydrogens (tertiary/aromatic N) is 1. The van der Waals surface area contributed by atoms with Gasteiger partial charge in [-0.15, -0.1) is 0 Å². The summed E-state index contributed by atoms with van der Waals surface area (Å²) in [4.78, 5) is 2.27. The van der Waals surface area contributed by atoms with Crippen LogP contribution in [0.15, 0.2) is 152 Å². The van der Waals surface area contributed by atoms with Crippen molar-refractivity contribution in [3.63, 3.8) is 0 Å². The molecule has 4 heteroatoms. The Morgan fingerprint density at radius 2 is 1.05 bits per heavy atom. The van der Waals surface area contributed by atoms with E-state index in [1.54, 1.807) is 0 Å². The van der Waals surface area contributed by atoms with Crippen molar-refractivity contribution in [2.24, 2.45) is 0 Å². The first-order chi connectivity index (χ1) is 21.2. The molecule has 0 spiro atoms. The minimum Gasteiger partial charge on any atom is -0.491 e. The lowest BCUT2D eigenvalue weighted by atomic mass is 9.88. The first kappa shape index (κ1) is 27.8. The van der Waals surface area contributed by atoms with Crippen molar-refractivity contribution >= 4 is 22.7 Å². The van der Waals surface area contributed by atoms with E-state index < -0.39 is 0 Å². The molecule has 0 saturated carbocycles. The Bertz CT molecular complexity index is 1720. The quantitative estimate of drug-likeness (QED) is 0.129. The maximum atomic E-state index is 9.75. The molecule has 0 saturated heterocycles. The molecule has 6 aromatic rings. The monoisotopic (exact) mass is 562 g/mol. The molecule has 3 N–H and O–H groups in total. The third kappa shape index (κ3) is 6.01. The van der Waals surface area contributed by atoms with Gasteiger partial charge >= 0.3 is 0 Å². The third-order valence-electron chi connectivity index (χ3n) is 7.43. The highest BCUT2D eigenvalue weighted by Gasteiger charge is 2.28. The smallest absolute Gasteiger partial charge is 0.152 e. The third-order valence-corrected chi connectivity index (χ3v) is 7.43. The lowest BCUT2D eigenvalue weighted by Crippen LogP contribution is -2.15. The number of aliphatic hydroxyl groups excluding tert-OH is 1. The van der Waals surface area contributed by atoms with Crippen molar-refractivity contribution in [2.45, 2.75) is 6.42 Å². The van der Waals surface area contributed by atoms with E-state index in [9.17, 15) is 5.11 Å². The minimum atomic E-state index is 0.0419. The highest BCUT2D eigenvalue weighted by molar-refractivity contribution is 6.02. The predicted molar refractivity (Wildman–Crippen MR) is 179 cm³/mol. The van der Waals surface area contributed by atoms with Crippen molar-refractivity contribution in [3.8, 4) is 39.1 Å². The van der Waals surface area contributed by atoms with Gasteiger partial charge in [0.25, 0.3) is 0 Å². The first-order valence-corrected chi connectivity index (χ1v) is 14.6. The van der Waals surface area contributed by atoms with Crippen LogP contribution in [-0.2, 0) is 0 Å². The van der Waals surface area contributed by atoms with Crippen LogP contribution in [0.3, 0.4) is 0 Å². The predicted octanol–water partition coefficient (Wildman–Crippen LogP) is 9.50. The number of rotatable bonds is 10. The molecule has 0 aromatic heterocycles. The molecule has 6 aromatic carbocycles. The van der Waals surface area contributed by atoms with Crippen LogP contribution in [0.2, 0.25) is 0 Å². The van der Waals surface area contributed by atoms with Crippen LogP contribution in [0.25, 0.3) is 33.4 Å². The Morgan fingerprint density at radius 3 is 1.58 bits per heavy atom. The maximum Gasteiger partial charge on any atom is 0.152 e. The molecule has 0 aliphatic carbocycles. The molecule has 0 amide bonds. The van der Waals surface area contributed by atoms with E-state index in [1.807, 2.05) is 36.4 Å². The van der Waals surface area contributed by atoms with Gasteiger partial charge in [-0.05, 0) is 64.7 Å². The molecule has 6 rings (SSSR count). The second-order valence-corrected chi connectivity index (χ2v) is 10.3. The largest absolute Gasteiger partial charge is 0.491 e. The summed E-state index contributed by atoms with van der Waals surface area (Å²) in [6, 6.07) is 51.9. The van der Waals surface area contributed by atoms with Crippen LogP contribution >= 0.6 is 0 Å². The molecule has 0 atom stereocenters. The van der Waals surface area contributed by atoms with Gasteiger partial charge in [-0.1, -0.05) is 109 Å². The van der Waals surface area contributed by atoms with Crippen LogP contribution in [0.4, 0.5) is 22.7 Å². The molecule has 0 bridgehead atoms. The standard InChI is InChI=1S/C39H34N2O2/c40-32-24-22-30(23-25-32)35-28-36(29-14-5-1-6-15-29)38(39(43-27-13-26-42)37(35)31-16-7-2-8-17-31)41(33-18-9-3-10-19-33)34-20-11-4-12-21-34/h1-12,14-25,28,42H,13,26-27,40H2. The zero-order valence-corrected chi connectivity index (χ0v) is 23.9. The zero-order chi connectivity index (χ0) is 29.4. The summed E-state index contributed by atoms with van der Waals surface area (Å²) in [6.07, 6.45) is 0.511. The summed E-state index contributed by atoms with van der Waals surface area (Å²) in [7, 11) is 0. The second-order valence-electron chi connectivity index (χ2n) is 10.3. The molecule has 4 nitrogen and oxygen atoms in total. The minimum absolute atomic E-state index is 0.0419. The molecular weight excluding hydrogens is 528 g/mol. The van der Waals surface area contributed by atoms with Gasteiger partial charge in [-0.25, -0.2) is 0 Å². The second kappa shape index (κ2) is 13.1. The van der Waals surface area contributed by atoms with Crippen LogP contribution in [0, 0.1) is 0 Å². The average Bonchev–Trinajstić information content (AvgIpc) is 3.07. The number of nitrogens with two attached hydrogens (primary N) is 1. The lowest BCUT2D eigenvalue weighted by Gasteiger charge is -2.32. The van der Waals surface area contributed by atoms with E-state index in [2.05, 4.69) is 120 Å². The molecule has 0 unspecified atom stereocenters. The van der Waals surface area contributed by atoms with Crippen LogP contribution in [-0.4, -0.2) is 18.3 Å². The van der Waals surface area contributed by atoms with Gasteiger partial charge in [0, 0.05) is 41.2 Å². The van der Waals surface area contributed by atoms with Gasteiger partial charge in [0.2, 0.25) is 0 Å². The molecule has 0 aliphatic heterocycles. The Morgan fingerprint density at radius 1 is 0.558 bits per heavy atom. The number of nitrogen functional groups attached to an aromatic ring is 1. The molecule has 0 radical (unpaired) electrons. The van der Waals surface area contributed by atoms with Crippen molar-refractivity contribution in [1.82, 2.24) is 0 Å². The Kier molecular flexibility index (Phi) is 8.49. The zero-order valence-electron chi connectivity index (χ0n) is 23.9. The fourth-order valence-electron chi connectivity index (χ4n) is 5.43. The van der Waals surface area contributed by atoms with E-state index in [-0.39, 0.29) is 6.61 Å². The van der Waals surface area contributed by atoms with Gasteiger partial charge in [0.05, 0.1) is 12.3 Å². The van der Waals surface area contributed by atoms with Crippen LogP contribution in [0.5, 0.6) is 5.75 Å². The highest BCUT2D eigenvalue weighted by atomic mass is 16.5. The Labute approximate surface area is 253 Å². The number of para-hydroxylation sites is 2. The molecule has 212 valence electrons. The van der Waals surface area contributed by atoms with Crippen molar-refractivity contribution in [1.29, 1.82) is 0 Å². The number of hydrogen-bond acceptors (Lipinski definition) is 4. The number of benzene rings is 6. The van der Waals surface area contributed by atoms with E-state index in [1.165, 1.54) is 0 Å². The van der Waals surface area contributed by atoms with Crippen LogP contribution in [0.1, 0.15) is 6.42 Å². The summed E-state index contributed by atoms with van der Waals surface area (Å²) < 4.78 is 6.81. The number of anilines is 4. The highest BCUT2D eigenvalue weighted by Crippen LogP contribution is 2.54. The number of ether oxygens (including phenoxy) is 1. The fourth-order valence-corrected chi connectivity index (χ4v) is 5.43. The molecule has 0 heterocycles. The van der Waals surface area contributed by atoms with E-state index in [0.29, 0.717) is 18.7 Å². The Hall–Kier alpha value is -5.32. The topological polar surface area (TPSA) is 58.7 Å². The number of aliphatic hydroxyl groups is 1. The maximum absolute atomic E-state index is 9.75. The summed E-state index contributed by atoms with van der Waals surface area (Å²) in [6.45, 7) is 0.403. The SMILES string of the molecule is Nc1ccc(-c2cc(-c3ccccc3)c(N(c3ccccc3)c3ccccc3)c(OCCCO)c2-c2ccccc2)cc1. The van der Waals surface area contributed by atoms with E-state index >= 15 is 0 Å². The van der Waals surface area contributed by atoms with Gasteiger partial charge in [-0.2, -0.15) is 0 Å². The normalized spacial score (nSPS) is 10.8. The lowest BCUT2D eigenvalue weighted by molar-refractivity contribution is 0.234. The van der Waals surface area contributed by atoms with Gasteiger partial charge < -0.3 is 20.5 Å². The van der Waals surface area contributed by atoms with Gasteiger partial charge in [-0.3, -0.25) is 0 Å². The van der Waals surface area contributed by atoms with Gasteiger partial charge in [0.1, 0.15) is 0 Å². The molecule has 0 fully saturated rings. The van der Waals surface area contributed by atoms with Gasteiger partial charge in [0.15, 0.2) is 5.75 Å². The van der Waals surface area contributed by atoms with E-state index in [0.717, 1.165) is 56.2 Å². The fraction of sp³-hybridized carbons (Fsp3) is 0.0769. The molecular formula is C39H34N2O2. The number of hydrogen-bond donors (Lipinski definition) is 2. The molecule has 0 aliphatic rings. The average molecular weight is 563 g/mol. The summed E-state index contributed by atoms with van der Waals surface area (Å²) in [5.74, 6) is 0.750.